The average molecular weight is 695 g/mol. The molecule has 0 nitrogen and oxygen atoms in total. The minimum Gasteiger partial charge on any atom is -0.0654 e. The second-order valence-electron chi connectivity index (χ2n) is 22.1. The number of rotatable bonds is 24. The van der Waals surface area contributed by atoms with Gasteiger partial charge >= 0.3 is 0 Å². The molecule has 17 unspecified atom stereocenters. The summed E-state index contributed by atoms with van der Waals surface area (Å²) in [5, 5.41) is 0. The minimum absolute atomic E-state index is 0.474. The summed E-state index contributed by atoms with van der Waals surface area (Å²) in [6, 6.07) is 0. The lowest BCUT2D eigenvalue weighted by Gasteiger charge is -2.53. The summed E-state index contributed by atoms with van der Waals surface area (Å²) in [7, 11) is 0. The van der Waals surface area contributed by atoms with Gasteiger partial charge in [0, 0.05) is 0 Å². The largest absolute Gasteiger partial charge is 0.0654 e. The number of hydrogen-bond donors (Lipinski definition) is 0. The van der Waals surface area contributed by atoms with Gasteiger partial charge in [-0.25, -0.2) is 0 Å². The van der Waals surface area contributed by atoms with Gasteiger partial charge in [-0.15, -0.1) is 0 Å². The summed E-state index contributed by atoms with van der Waals surface area (Å²) in [6.07, 6.45) is 20.6. The molecular formula is C50H94. The maximum atomic E-state index is 2.77. The molecule has 294 valence electrons. The molecule has 4 rings (SSSR count). The molecule has 0 radical (unpaired) electrons. The van der Waals surface area contributed by atoms with Gasteiger partial charge in [0.05, 0.1) is 0 Å². The van der Waals surface area contributed by atoms with E-state index in [0.29, 0.717) is 21.7 Å². The zero-order valence-electron chi connectivity index (χ0n) is 37.6. The summed E-state index contributed by atoms with van der Waals surface area (Å²) in [6.45, 7) is 43.8. The first-order valence-electron chi connectivity index (χ1n) is 23.4. The Morgan fingerprint density at radius 2 is 1.24 bits per heavy atom. The van der Waals surface area contributed by atoms with E-state index in [2.05, 4.69) is 118 Å². The van der Waals surface area contributed by atoms with Crippen LogP contribution in [0.1, 0.15) is 208 Å². The number of hydrogen-bond acceptors (Lipinski definition) is 0. The standard InChI is InChI=1S/C50H94/c1-18-21-23-28-49(44(26-22-19-2)45(49)27-24-25-32(4)5)48-30-34(7)50(48,31-48)42(15)39(12)37(10)35(8)36(9)38(11)40(13)46-41(14)43(46)29-33(6)47(16,17)20-3/h32-46H,18-31H2,1-17H3. The molecule has 0 aromatic rings. The summed E-state index contributed by atoms with van der Waals surface area (Å²) < 4.78 is 0. The third-order valence-corrected chi connectivity index (χ3v) is 19.7. The highest BCUT2D eigenvalue weighted by molar-refractivity contribution is 5.38. The molecule has 4 aliphatic carbocycles. The van der Waals surface area contributed by atoms with Crippen LogP contribution in [0, 0.1) is 110 Å². The number of unbranched alkanes of at least 4 members (excludes halogenated alkanes) is 3. The van der Waals surface area contributed by atoms with Gasteiger partial charge < -0.3 is 0 Å². The van der Waals surface area contributed by atoms with Crippen molar-refractivity contribution in [1.29, 1.82) is 0 Å². The van der Waals surface area contributed by atoms with Crippen molar-refractivity contribution in [2.75, 3.05) is 0 Å². The lowest BCUT2D eigenvalue weighted by atomic mass is 9.51. The SMILES string of the molecule is CCCCCC1(C23CC(C)C2(C(C)C(C)C(C)C(C)C(C)C(C)C(C)C2C(C)C2CC(C)C(C)(C)CC)C3)C(CCCC)C1CCCC(C)C. The zero-order chi connectivity index (χ0) is 37.6. The van der Waals surface area contributed by atoms with Crippen LogP contribution in [0.2, 0.25) is 0 Å². The minimum atomic E-state index is 0.474. The Bertz CT molecular complexity index is 1050. The predicted octanol–water partition coefficient (Wildman–Crippen LogP) is 16.0. The van der Waals surface area contributed by atoms with Gasteiger partial charge in [0.25, 0.3) is 0 Å². The van der Waals surface area contributed by atoms with E-state index >= 15 is 0 Å². The molecule has 50 heavy (non-hydrogen) atoms. The smallest absolute Gasteiger partial charge is 0.0165 e. The van der Waals surface area contributed by atoms with Crippen molar-refractivity contribution in [3.05, 3.63) is 0 Å². The molecule has 0 saturated heterocycles. The van der Waals surface area contributed by atoms with E-state index in [1.807, 2.05) is 0 Å². The van der Waals surface area contributed by atoms with Gasteiger partial charge in [0.1, 0.15) is 0 Å². The van der Waals surface area contributed by atoms with Gasteiger partial charge in [-0.05, 0) is 149 Å². The molecule has 0 aliphatic heterocycles. The van der Waals surface area contributed by atoms with Crippen molar-refractivity contribution in [3.8, 4) is 0 Å². The van der Waals surface area contributed by atoms with Crippen LogP contribution in [0.3, 0.4) is 0 Å². The van der Waals surface area contributed by atoms with Gasteiger partial charge in [0.2, 0.25) is 0 Å². The van der Waals surface area contributed by atoms with Crippen LogP contribution in [0.5, 0.6) is 0 Å². The van der Waals surface area contributed by atoms with E-state index < -0.39 is 0 Å². The lowest BCUT2D eigenvalue weighted by molar-refractivity contribution is -0.0587. The average Bonchev–Trinajstić information content (AvgIpc) is 4.01. The first kappa shape index (κ1) is 42.7. The van der Waals surface area contributed by atoms with E-state index in [4.69, 9.17) is 0 Å². The second-order valence-corrected chi connectivity index (χ2v) is 22.1. The Morgan fingerprint density at radius 1 is 0.680 bits per heavy atom. The molecular weight excluding hydrogens is 601 g/mol. The Labute approximate surface area is 317 Å². The molecule has 0 heteroatoms. The molecule has 4 aliphatic rings. The van der Waals surface area contributed by atoms with Crippen molar-refractivity contribution in [2.24, 2.45) is 110 Å². The summed E-state index contributed by atoms with van der Waals surface area (Å²) >= 11 is 0. The zero-order valence-corrected chi connectivity index (χ0v) is 37.6. The molecule has 0 amide bonds. The highest BCUT2D eigenvalue weighted by Gasteiger charge is 2.90. The van der Waals surface area contributed by atoms with Crippen LogP contribution in [-0.2, 0) is 0 Å². The van der Waals surface area contributed by atoms with Crippen molar-refractivity contribution < 1.29 is 0 Å². The predicted molar refractivity (Wildman–Crippen MR) is 223 cm³/mol. The van der Waals surface area contributed by atoms with Gasteiger partial charge in [0.15, 0.2) is 0 Å². The van der Waals surface area contributed by atoms with Crippen molar-refractivity contribution in [3.63, 3.8) is 0 Å². The van der Waals surface area contributed by atoms with Crippen LogP contribution in [0.4, 0.5) is 0 Å². The topological polar surface area (TPSA) is 0 Å². The quantitative estimate of drug-likeness (QED) is 0.0882. The highest BCUT2D eigenvalue weighted by atomic mass is 14.9. The molecule has 4 saturated carbocycles. The second kappa shape index (κ2) is 16.4. The lowest BCUT2D eigenvalue weighted by Crippen LogP contribution is -2.48. The van der Waals surface area contributed by atoms with Gasteiger partial charge in [-0.1, -0.05) is 169 Å². The molecule has 0 bridgehead atoms. The molecule has 0 heterocycles. The van der Waals surface area contributed by atoms with E-state index in [-0.39, 0.29) is 0 Å². The molecule has 0 spiro atoms. The Morgan fingerprint density at radius 3 is 1.78 bits per heavy atom. The highest BCUT2D eigenvalue weighted by Crippen LogP contribution is 2.96. The molecule has 0 aromatic carbocycles. The van der Waals surface area contributed by atoms with Crippen LogP contribution in [0.25, 0.3) is 0 Å². The third kappa shape index (κ3) is 7.36. The van der Waals surface area contributed by atoms with E-state index in [0.717, 1.165) is 88.8 Å². The van der Waals surface area contributed by atoms with Crippen molar-refractivity contribution in [1.82, 2.24) is 0 Å². The normalized spacial score (nSPS) is 39.5. The maximum absolute atomic E-state index is 2.77. The van der Waals surface area contributed by atoms with Gasteiger partial charge in [-0.2, -0.15) is 0 Å². The first-order valence-corrected chi connectivity index (χ1v) is 23.4. The first-order chi connectivity index (χ1) is 23.4. The summed E-state index contributed by atoms with van der Waals surface area (Å²) in [4.78, 5) is 0. The van der Waals surface area contributed by atoms with E-state index in [1.165, 1.54) is 70.6 Å². The molecule has 0 N–H and O–H groups in total. The summed E-state index contributed by atoms with van der Waals surface area (Å²) in [5.41, 5.74) is 2.47. The fourth-order valence-corrected chi connectivity index (χ4v) is 14.5. The fraction of sp³-hybridized carbons (Fsp3) is 1.00. The van der Waals surface area contributed by atoms with E-state index in [9.17, 15) is 0 Å². The monoisotopic (exact) mass is 695 g/mol. The molecule has 17 atom stereocenters. The van der Waals surface area contributed by atoms with Crippen LogP contribution in [-0.4, -0.2) is 0 Å². The van der Waals surface area contributed by atoms with Crippen LogP contribution in [0.15, 0.2) is 0 Å². The Balaban J connectivity index is 1.46. The summed E-state index contributed by atoms with van der Waals surface area (Å²) in [5.74, 6) is 13.2. The van der Waals surface area contributed by atoms with Crippen molar-refractivity contribution >= 4 is 0 Å². The maximum Gasteiger partial charge on any atom is -0.0165 e. The Hall–Kier alpha value is 0. The van der Waals surface area contributed by atoms with Crippen molar-refractivity contribution in [2.45, 2.75) is 208 Å². The van der Waals surface area contributed by atoms with Gasteiger partial charge in [-0.3, -0.25) is 0 Å². The third-order valence-electron chi connectivity index (χ3n) is 19.7. The Kier molecular flexibility index (Phi) is 14.0. The number of fused-ring (bicyclic) bond motifs is 1. The van der Waals surface area contributed by atoms with E-state index in [1.54, 1.807) is 19.3 Å². The fourth-order valence-electron chi connectivity index (χ4n) is 14.5. The molecule has 4 fully saturated rings. The molecule has 0 aromatic heterocycles. The van der Waals surface area contributed by atoms with Crippen LogP contribution >= 0.6 is 0 Å². The van der Waals surface area contributed by atoms with Crippen LogP contribution < -0.4 is 0 Å².